The Labute approximate surface area is 360 Å². The quantitative estimate of drug-likeness (QED) is 0.0514. The minimum atomic E-state index is -4.35. The first-order valence-corrected chi connectivity index (χ1v) is 22.6. The summed E-state index contributed by atoms with van der Waals surface area (Å²) < 4.78 is 36.9. The minimum Gasteiger partial charge on any atom is -0.376 e. The lowest BCUT2D eigenvalue weighted by molar-refractivity contribution is -0.384. The number of thioether (sulfide) groups is 1. The zero-order valence-corrected chi connectivity index (χ0v) is 36.1. The van der Waals surface area contributed by atoms with Gasteiger partial charge in [0.25, 0.3) is 15.7 Å². The van der Waals surface area contributed by atoms with Gasteiger partial charge in [0.05, 0.1) is 15.3 Å². The number of ether oxygens (including phenoxy) is 1. The van der Waals surface area contributed by atoms with Gasteiger partial charge in [0.1, 0.15) is 11.9 Å². The Morgan fingerprint density at radius 2 is 1.70 bits per heavy atom. The molecule has 2 N–H and O–H groups in total. The van der Waals surface area contributed by atoms with Crippen LogP contribution < -0.4 is 14.9 Å². The Morgan fingerprint density at radius 3 is 2.45 bits per heavy atom. The number of methoxy groups -OCH3 is 1. The smallest absolute Gasteiger partial charge is 0.293 e. The van der Waals surface area contributed by atoms with Gasteiger partial charge < -0.3 is 19.9 Å². The van der Waals surface area contributed by atoms with E-state index in [1.165, 1.54) is 23.3 Å². The molecule has 312 valence electrons. The van der Waals surface area contributed by atoms with Crippen LogP contribution in [0.1, 0.15) is 24.8 Å². The lowest BCUT2D eigenvalue weighted by Crippen LogP contribution is -2.45. The maximum Gasteiger partial charge on any atom is 0.293 e. The molecule has 0 amide bonds. The number of fused-ring (bicyclic) bond motifs is 1. The van der Waals surface area contributed by atoms with Gasteiger partial charge in [0, 0.05) is 46.8 Å². The third kappa shape index (κ3) is 10.5. The van der Waals surface area contributed by atoms with Gasteiger partial charge in [-0.15, -0.1) is 11.8 Å². The summed E-state index contributed by atoms with van der Waals surface area (Å²) in [5, 5.41) is 17.0. The fourth-order valence-corrected chi connectivity index (χ4v) is 9.67. The molecule has 2 heterocycles. The highest BCUT2D eigenvalue weighted by Gasteiger charge is 2.32. The first-order valence-electron chi connectivity index (χ1n) is 19.8. The molecular weight excluding hydrogens is 818 g/mol. The number of nitrogens with one attached hydrogen (secondary N) is 2. The maximum absolute atomic E-state index is 14.1. The van der Waals surface area contributed by atoms with E-state index in [0.717, 1.165) is 35.9 Å². The predicted octanol–water partition coefficient (Wildman–Crippen LogP) is 9.62. The normalized spacial score (nSPS) is 16.2. The summed E-state index contributed by atoms with van der Waals surface area (Å²) in [4.78, 5) is 26.4. The molecule has 5 aromatic carbocycles. The molecule has 1 aliphatic heterocycles. The second-order valence-electron chi connectivity index (χ2n) is 15.1. The fraction of sp³-hybridized carbons (Fsp3) is 0.289. The molecule has 0 aliphatic carbocycles. The zero-order valence-electron chi connectivity index (χ0n) is 33.7. The van der Waals surface area contributed by atoms with Crippen LogP contribution in [0.15, 0.2) is 131 Å². The Kier molecular flexibility index (Phi) is 13.9. The molecule has 1 aromatic heterocycles. The minimum absolute atomic E-state index is 0.0657. The summed E-state index contributed by atoms with van der Waals surface area (Å²) in [6, 6.07) is 37.2. The molecule has 1 saturated heterocycles. The second kappa shape index (κ2) is 19.4. The number of para-hydroxylation sites is 1. The summed E-state index contributed by atoms with van der Waals surface area (Å²) in [7, 11) is 1.26. The SMILES string of the molecule is CO[C@@H]1CC(Cc2ccccc2-c2ccc(Cl)cc2)CCN1c1nc(NS(=O)(=O)c2ccc(NC(CCN(C)C)CSc3ccccc3)c([N+](=O)[O-])c2)c2ccccc2n1. The van der Waals surface area contributed by atoms with Crippen LogP contribution in [0.2, 0.25) is 5.02 Å². The number of rotatable bonds is 17. The van der Waals surface area contributed by atoms with Crippen LogP contribution in [0.3, 0.4) is 0 Å². The molecule has 15 heteroatoms. The van der Waals surface area contributed by atoms with Gasteiger partial charge in [-0.2, -0.15) is 4.98 Å². The number of nitro groups is 1. The summed E-state index contributed by atoms with van der Waals surface area (Å²) in [5.41, 5.74) is 3.95. The third-order valence-electron chi connectivity index (χ3n) is 10.6. The monoisotopic (exact) mass is 865 g/mol. The third-order valence-corrected chi connectivity index (χ3v) is 13.4. The number of aromatic nitrogens is 2. The molecule has 2 unspecified atom stereocenters. The highest BCUT2D eigenvalue weighted by molar-refractivity contribution is 7.99. The van der Waals surface area contributed by atoms with Crippen LogP contribution in [0.4, 0.5) is 23.1 Å². The maximum atomic E-state index is 14.1. The second-order valence-corrected chi connectivity index (χ2v) is 18.3. The average Bonchev–Trinajstić information content (AvgIpc) is 3.25. The van der Waals surface area contributed by atoms with Crippen molar-refractivity contribution in [2.75, 3.05) is 55.0 Å². The number of anilines is 3. The van der Waals surface area contributed by atoms with E-state index in [1.54, 1.807) is 37.1 Å². The van der Waals surface area contributed by atoms with Crippen molar-refractivity contribution in [1.82, 2.24) is 14.9 Å². The molecule has 60 heavy (non-hydrogen) atoms. The number of piperidine rings is 1. The molecule has 0 spiro atoms. The number of sulfonamides is 1. The van der Waals surface area contributed by atoms with Crippen LogP contribution in [0.5, 0.6) is 0 Å². The number of benzene rings is 5. The van der Waals surface area contributed by atoms with Crippen molar-refractivity contribution in [3.05, 3.63) is 142 Å². The number of hydrogen-bond acceptors (Lipinski definition) is 11. The fourth-order valence-electron chi connectivity index (χ4n) is 7.51. The largest absolute Gasteiger partial charge is 0.376 e. The summed E-state index contributed by atoms with van der Waals surface area (Å²) in [6.07, 6.45) is 2.73. The zero-order chi connectivity index (χ0) is 42.2. The van der Waals surface area contributed by atoms with Crippen LogP contribution in [0, 0.1) is 16.0 Å². The van der Waals surface area contributed by atoms with E-state index in [4.69, 9.17) is 26.3 Å². The Balaban J connectivity index is 1.11. The highest BCUT2D eigenvalue weighted by Crippen LogP contribution is 2.36. The van der Waals surface area contributed by atoms with E-state index in [-0.39, 0.29) is 34.4 Å². The Morgan fingerprint density at radius 1 is 0.967 bits per heavy atom. The first kappa shape index (κ1) is 42.9. The van der Waals surface area contributed by atoms with Crippen molar-refractivity contribution in [1.29, 1.82) is 0 Å². The van der Waals surface area contributed by atoms with Crippen molar-refractivity contribution < 1.29 is 18.1 Å². The molecule has 0 radical (unpaired) electrons. The molecule has 1 fully saturated rings. The highest BCUT2D eigenvalue weighted by atomic mass is 35.5. The summed E-state index contributed by atoms with van der Waals surface area (Å²) in [6.45, 7) is 1.34. The molecule has 3 atom stereocenters. The van der Waals surface area contributed by atoms with Gasteiger partial charge in [0.15, 0.2) is 5.82 Å². The average molecular weight is 867 g/mol. The Bertz CT molecular complexity index is 2530. The molecule has 12 nitrogen and oxygen atoms in total. The number of nitro benzene ring substituents is 1. The Hall–Kier alpha value is -5.25. The van der Waals surface area contributed by atoms with Crippen LogP contribution in [-0.2, 0) is 21.2 Å². The van der Waals surface area contributed by atoms with Crippen molar-refractivity contribution in [2.45, 2.75) is 47.7 Å². The van der Waals surface area contributed by atoms with Crippen molar-refractivity contribution in [3.63, 3.8) is 0 Å². The van der Waals surface area contributed by atoms with E-state index >= 15 is 0 Å². The van der Waals surface area contributed by atoms with Crippen molar-refractivity contribution >= 4 is 67.4 Å². The topological polar surface area (TPSA) is 143 Å². The van der Waals surface area contributed by atoms with Gasteiger partial charge in [0.2, 0.25) is 5.95 Å². The van der Waals surface area contributed by atoms with Crippen LogP contribution >= 0.6 is 23.4 Å². The lowest BCUT2D eigenvalue weighted by atomic mass is 9.86. The summed E-state index contributed by atoms with van der Waals surface area (Å²) >= 11 is 7.83. The van der Waals surface area contributed by atoms with E-state index in [0.29, 0.717) is 52.9 Å². The van der Waals surface area contributed by atoms with Gasteiger partial charge in [-0.3, -0.25) is 14.8 Å². The van der Waals surface area contributed by atoms with Crippen LogP contribution in [0.25, 0.3) is 22.0 Å². The van der Waals surface area contributed by atoms with E-state index in [1.807, 2.05) is 85.7 Å². The van der Waals surface area contributed by atoms with E-state index in [9.17, 15) is 18.5 Å². The standard InChI is InChI=1S/C45H48ClN7O5S2/c1-51(2)25-24-35(30-59-36-12-5-4-6-13-36)47-41-22-21-37(29-42(41)53(54)55)60(56,57)50-44-39-15-9-10-16-40(39)48-45(49-44)52-26-23-31(28-43(52)58-3)27-33-11-7-8-14-38(33)32-17-19-34(46)20-18-32/h4-22,29,31,35,43,47H,23-28,30H2,1-3H3,(H,48,49,50)/t31?,35?,43-/m1/s1. The van der Waals surface area contributed by atoms with E-state index < -0.39 is 14.9 Å². The number of hydrogen-bond donors (Lipinski definition) is 2. The van der Waals surface area contributed by atoms with Gasteiger partial charge >= 0.3 is 0 Å². The van der Waals surface area contributed by atoms with Gasteiger partial charge in [-0.25, -0.2) is 13.4 Å². The number of halogens is 1. The van der Waals surface area contributed by atoms with Crippen molar-refractivity contribution in [2.24, 2.45) is 5.92 Å². The van der Waals surface area contributed by atoms with Gasteiger partial charge in [-0.1, -0.05) is 78.3 Å². The molecule has 0 saturated carbocycles. The van der Waals surface area contributed by atoms with Gasteiger partial charge in [-0.05, 0) is 117 Å². The lowest BCUT2D eigenvalue weighted by Gasteiger charge is -2.39. The molecular formula is C45H48ClN7O5S2. The summed E-state index contributed by atoms with van der Waals surface area (Å²) in [5.74, 6) is 1.34. The predicted molar refractivity (Wildman–Crippen MR) is 243 cm³/mol. The van der Waals surface area contributed by atoms with Crippen molar-refractivity contribution in [3.8, 4) is 11.1 Å². The molecule has 0 bridgehead atoms. The number of nitrogens with zero attached hydrogens (tertiary/aromatic N) is 5. The van der Waals surface area contributed by atoms with E-state index in [2.05, 4.69) is 33.1 Å². The molecule has 6 aromatic rings. The van der Waals surface area contributed by atoms with Crippen LogP contribution in [-0.4, -0.2) is 80.5 Å². The molecule has 7 rings (SSSR count). The first-order chi connectivity index (χ1) is 29.0. The molecule has 1 aliphatic rings.